The van der Waals surface area contributed by atoms with Gasteiger partial charge in [-0.05, 0) is 172 Å². The van der Waals surface area contributed by atoms with E-state index in [0.717, 1.165) is 64.0 Å². The fourth-order valence-electron chi connectivity index (χ4n) is 10.3. The van der Waals surface area contributed by atoms with Gasteiger partial charge in [0.25, 0.3) is 0 Å². The fourth-order valence-corrected chi connectivity index (χ4v) is 25.5. The first-order chi connectivity index (χ1) is 25.7. The van der Waals surface area contributed by atoms with Crippen LogP contribution in [0, 0.1) is 24.7 Å². The largest absolute Gasteiger partial charge is 0.421 e. The topological polar surface area (TPSA) is 46.2 Å². The van der Waals surface area contributed by atoms with Crippen LogP contribution in [-0.2, 0) is 22.8 Å². The van der Waals surface area contributed by atoms with Crippen molar-refractivity contribution in [1.82, 2.24) is 0 Å². The van der Waals surface area contributed by atoms with Crippen molar-refractivity contribution in [2.24, 2.45) is 10.8 Å². The van der Waals surface area contributed by atoms with E-state index in [0.29, 0.717) is 26.1 Å². The molecule has 4 radical (unpaired) electrons. The van der Waals surface area contributed by atoms with Crippen LogP contribution in [0.25, 0.3) is 0 Å². The van der Waals surface area contributed by atoms with E-state index < -0.39 is 49.2 Å². The minimum absolute atomic E-state index is 0.0176. The molecule has 0 fully saturated rings. The smallest absolute Gasteiger partial charge is 0.186 e. The van der Waals surface area contributed by atoms with E-state index in [-0.39, 0.29) is 32.1 Å². The summed E-state index contributed by atoms with van der Waals surface area (Å²) in [6.45, 7) is 74.2. The Bertz CT molecular complexity index is 1110. The zero-order valence-corrected chi connectivity index (χ0v) is 49.8. The van der Waals surface area contributed by atoms with Gasteiger partial charge in [0.15, 0.2) is 25.0 Å². The van der Waals surface area contributed by atoms with Crippen LogP contribution in [0.2, 0.25) is 127 Å². The molecule has 5 nitrogen and oxygen atoms in total. The lowest BCUT2D eigenvalue weighted by molar-refractivity contribution is -0.0646. The molecule has 4 atom stereocenters. The molecule has 0 aromatic rings. The minimum Gasteiger partial charge on any atom is -0.421 e. The number of rotatable bonds is 31. The van der Waals surface area contributed by atoms with Crippen LogP contribution in [0.5, 0.6) is 0 Å². The summed E-state index contributed by atoms with van der Waals surface area (Å²) in [4.78, 5) is 0. The maximum Gasteiger partial charge on any atom is 0.186 e. The van der Waals surface area contributed by atoms with E-state index in [2.05, 4.69) is 160 Å². The average Bonchev–Trinajstić information content (AvgIpc) is 3.01. The van der Waals surface area contributed by atoms with Crippen LogP contribution in [0.3, 0.4) is 0 Å². The summed E-state index contributed by atoms with van der Waals surface area (Å²) in [6.07, 6.45) is 8.73. The van der Waals surface area contributed by atoms with Crippen molar-refractivity contribution in [2.45, 2.75) is 245 Å². The van der Waals surface area contributed by atoms with E-state index in [9.17, 15) is 0 Å². The predicted octanol–water partition coefficient (Wildman–Crippen LogP) is 15.5. The van der Waals surface area contributed by atoms with Crippen LogP contribution < -0.4 is 0 Å². The highest BCUT2D eigenvalue weighted by molar-refractivity contribution is 6.80. The third-order valence-electron chi connectivity index (χ3n) is 15.4. The monoisotopic (exact) mass is 917 g/mol. The summed E-state index contributed by atoms with van der Waals surface area (Å²) in [7, 11) is -11.0. The Morgan fingerprint density at radius 3 is 1.05 bits per heavy atom. The molecule has 0 rings (SSSR count). The first-order valence-electron chi connectivity index (χ1n) is 23.3. The second-order valence-electron chi connectivity index (χ2n) is 25.5. The van der Waals surface area contributed by atoms with Crippen LogP contribution in [0.1, 0.15) is 107 Å². The molecular weight excluding hydrogens is 813 g/mol. The molecule has 11 heteroatoms. The number of hydrogen-bond donors (Lipinski definition) is 0. The minimum atomic E-state index is -2.05. The van der Waals surface area contributed by atoms with E-state index >= 15 is 0 Å². The lowest BCUT2D eigenvalue weighted by Crippen LogP contribution is -2.61. The maximum absolute atomic E-state index is 7.32. The van der Waals surface area contributed by atoms with Crippen LogP contribution in [0.15, 0.2) is 0 Å². The Balaban J connectivity index is 6.71. The fraction of sp³-hybridized carbons (Fsp3) is 0.957. The third-order valence-corrected chi connectivity index (χ3v) is 31.0. The first kappa shape index (κ1) is 59.1. The average molecular weight is 918 g/mol. The van der Waals surface area contributed by atoms with Crippen LogP contribution in [0.4, 0.5) is 0 Å². The van der Waals surface area contributed by atoms with Gasteiger partial charge in [-0.1, -0.05) is 86.1 Å². The molecule has 0 bridgehead atoms. The van der Waals surface area contributed by atoms with Crippen molar-refractivity contribution in [3.63, 3.8) is 0 Å². The highest BCUT2D eigenvalue weighted by Crippen LogP contribution is 2.65. The Kier molecular flexibility index (Phi) is 22.3. The van der Waals surface area contributed by atoms with Gasteiger partial charge in [0, 0.05) is 32.7 Å². The molecule has 0 aliphatic rings. The predicted molar refractivity (Wildman–Crippen MR) is 274 cm³/mol. The molecule has 0 aliphatic carbocycles. The Labute approximate surface area is 372 Å². The molecule has 0 spiro atoms. The molecule has 4 unspecified atom stereocenters. The Morgan fingerprint density at radius 2 is 0.759 bits per heavy atom. The van der Waals surface area contributed by atoms with Crippen molar-refractivity contribution >= 4 is 49.2 Å². The van der Waals surface area contributed by atoms with E-state index in [4.69, 9.17) is 36.6 Å². The van der Waals surface area contributed by atoms with Gasteiger partial charge in [0.05, 0.1) is 35.4 Å². The molecular formula is C47H104O5Si6. The summed E-state index contributed by atoms with van der Waals surface area (Å²) in [6, 6.07) is 2.36. The van der Waals surface area contributed by atoms with Gasteiger partial charge >= 0.3 is 0 Å². The van der Waals surface area contributed by atoms with Gasteiger partial charge in [-0.2, -0.15) is 0 Å². The van der Waals surface area contributed by atoms with Gasteiger partial charge < -0.3 is 22.8 Å². The molecule has 0 aliphatic heterocycles. The molecule has 0 saturated heterocycles. The summed E-state index contributed by atoms with van der Waals surface area (Å²) < 4.78 is 33.7. The van der Waals surface area contributed by atoms with Crippen LogP contribution >= 0.6 is 0 Å². The summed E-state index contributed by atoms with van der Waals surface area (Å²) >= 11 is 0. The highest BCUT2D eigenvalue weighted by atomic mass is 28.4. The zero-order chi connectivity index (χ0) is 46.1. The number of hydrogen-bond acceptors (Lipinski definition) is 5. The van der Waals surface area contributed by atoms with Gasteiger partial charge in [-0.3, -0.25) is 0 Å². The Morgan fingerprint density at radius 1 is 0.431 bits per heavy atom. The second kappa shape index (κ2) is 21.9. The standard InChI is InChI=1S/C47H104O5Si6/c1-27-35-48-37-29-31-46(9,53(11,12)13)44(7,42(3,4)51-55(17,18)19)33-39-57(23,24)41-50-58(25,26)40-34-45(8,43(5,6)52-56(20,21)22)47(10,54(14,15)16)32-30-38-49-36-28-2/h1-2H,27-41H2,3-26H3. The molecule has 0 aromatic heterocycles. The highest BCUT2D eigenvalue weighted by Gasteiger charge is 2.61. The van der Waals surface area contributed by atoms with Crippen LogP contribution in [-0.4, -0.2) is 93.0 Å². The molecule has 0 N–H and O–H groups in total. The van der Waals surface area contributed by atoms with Gasteiger partial charge in [-0.15, -0.1) is 0 Å². The molecule has 0 heterocycles. The SMILES string of the molecule is [CH]CCOCCCC(C)(C(C)(CC[Si](C)(C)CO[Si](C)(C)CCC(C)(C(C)(C)O[Si](C)(C)C)C(C)(CCCOCC[CH])[Si](C)(C)C)C(C)(C)O[Si](C)(C)C)[Si](C)(C)C. The van der Waals surface area contributed by atoms with Gasteiger partial charge in [0.1, 0.15) is 0 Å². The third kappa shape index (κ3) is 16.6. The van der Waals surface area contributed by atoms with E-state index in [1.54, 1.807) is 0 Å². The molecule has 346 valence electrons. The second-order valence-corrected chi connectivity index (χ2v) is 55.0. The normalized spacial score (nSPS) is 18.7. The van der Waals surface area contributed by atoms with Crippen molar-refractivity contribution in [1.29, 1.82) is 0 Å². The van der Waals surface area contributed by atoms with Gasteiger partial charge in [0.2, 0.25) is 0 Å². The zero-order valence-electron chi connectivity index (χ0n) is 43.8. The van der Waals surface area contributed by atoms with Crippen molar-refractivity contribution in [3.8, 4) is 0 Å². The van der Waals surface area contributed by atoms with Crippen molar-refractivity contribution in [3.05, 3.63) is 13.8 Å². The molecule has 0 aromatic carbocycles. The number of ether oxygens (including phenoxy) is 2. The van der Waals surface area contributed by atoms with E-state index in [1.165, 1.54) is 6.04 Å². The van der Waals surface area contributed by atoms with Crippen molar-refractivity contribution < 1.29 is 22.8 Å². The van der Waals surface area contributed by atoms with E-state index in [1.807, 2.05) is 0 Å². The molecule has 0 amide bonds. The first-order valence-corrected chi connectivity index (χ1v) is 43.6. The van der Waals surface area contributed by atoms with Crippen molar-refractivity contribution in [2.75, 3.05) is 32.7 Å². The summed E-state index contributed by atoms with van der Waals surface area (Å²) in [5.41, 5.74) is -0.605. The maximum atomic E-state index is 7.32. The Hall–Kier alpha value is 1.10. The summed E-state index contributed by atoms with van der Waals surface area (Å²) in [5.74, 6) is 0. The molecule has 58 heavy (non-hydrogen) atoms. The lowest BCUT2D eigenvalue weighted by Gasteiger charge is -2.62. The van der Waals surface area contributed by atoms with Gasteiger partial charge in [-0.25, -0.2) is 0 Å². The lowest BCUT2D eigenvalue weighted by atomic mass is 9.63. The molecule has 0 saturated carbocycles. The summed E-state index contributed by atoms with van der Waals surface area (Å²) in [5, 5.41) is 0.270. The quantitative estimate of drug-likeness (QED) is 0.0512.